The van der Waals surface area contributed by atoms with Crippen molar-refractivity contribution in [2.75, 3.05) is 27.2 Å². The summed E-state index contributed by atoms with van der Waals surface area (Å²) in [7, 11) is 4.24. The maximum absolute atomic E-state index is 12.5. The van der Waals surface area contributed by atoms with Gasteiger partial charge >= 0.3 is 0 Å². The molecule has 2 unspecified atom stereocenters. The van der Waals surface area contributed by atoms with E-state index in [4.69, 9.17) is 0 Å². The standard InChI is InChI=1S/C17H26N2O/c1-13-7-9-15(10-8-13)17(20)14(2)19(4)12-16-6-5-11-18(16)3/h7-10,14,16H,5-6,11-12H2,1-4H3. The molecule has 0 saturated carbocycles. The molecule has 1 aliphatic rings. The Hall–Kier alpha value is -1.19. The number of Topliss-reactive ketones (excluding diaryl/α,β-unsaturated/α-hetero) is 1. The molecule has 1 aromatic rings. The average molecular weight is 274 g/mol. The van der Waals surface area contributed by atoms with Crippen LogP contribution in [0, 0.1) is 6.92 Å². The number of ketones is 1. The van der Waals surface area contributed by atoms with Crippen LogP contribution in [0.2, 0.25) is 0 Å². The van der Waals surface area contributed by atoms with Gasteiger partial charge in [-0.1, -0.05) is 29.8 Å². The molecule has 20 heavy (non-hydrogen) atoms. The van der Waals surface area contributed by atoms with Crippen LogP contribution in [0.3, 0.4) is 0 Å². The Labute approximate surface area is 122 Å². The fourth-order valence-electron chi connectivity index (χ4n) is 2.86. The van der Waals surface area contributed by atoms with Gasteiger partial charge in [0.2, 0.25) is 0 Å². The molecule has 0 bridgehead atoms. The molecular formula is C17H26N2O. The number of likely N-dealkylation sites (N-methyl/N-ethyl adjacent to an activating group) is 2. The van der Waals surface area contributed by atoms with E-state index in [1.54, 1.807) is 0 Å². The predicted octanol–water partition coefficient (Wildman–Crippen LogP) is 2.59. The van der Waals surface area contributed by atoms with Crippen LogP contribution in [0.4, 0.5) is 0 Å². The number of hydrogen-bond donors (Lipinski definition) is 0. The Bertz CT molecular complexity index is 455. The number of carbonyl (C=O) groups is 1. The van der Waals surface area contributed by atoms with Gasteiger partial charge in [0, 0.05) is 18.2 Å². The van der Waals surface area contributed by atoms with Crippen LogP contribution >= 0.6 is 0 Å². The van der Waals surface area contributed by atoms with Crippen LogP contribution in [0.1, 0.15) is 35.7 Å². The Kier molecular flexibility index (Phi) is 4.95. The molecule has 0 N–H and O–H groups in total. The first kappa shape index (κ1) is 15.2. The second-order valence-corrected chi connectivity index (χ2v) is 6.12. The maximum atomic E-state index is 12.5. The molecule has 0 amide bonds. The Morgan fingerprint density at radius 3 is 2.60 bits per heavy atom. The second kappa shape index (κ2) is 6.51. The largest absolute Gasteiger partial charge is 0.302 e. The summed E-state index contributed by atoms with van der Waals surface area (Å²) in [6.45, 7) is 6.20. The topological polar surface area (TPSA) is 23.6 Å². The first-order valence-corrected chi connectivity index (χ1v) is 7.50. The van der Waals surface area contributed by atoms with E-state index < -0.39 is 0 Å². The van der Waals surface area contributed by atoms with Crippen molar-refractivity contribution in [1.29, 1.82) is 0 Å². The zero-order valence-electron chi connectivity index (χ0n) is 13.1. The summed E-state index contributed by atoms with van der Waals surface area (Å²) in [6, 6.07) is 8.41. The summed E-state index contributed by atoms with van der Waals surface area (Å²) in [5.74, 6) is 0.216. The highest BCUT2D eigenvalue weighted by Crippen LogP contribution is 2.17. The fourth-order valence-corrected chi connectivity index (χ4v) is 2.86. The number of likely N-dealkylation sites (tertiary alicyclic amines) is 1. The molecule has 2 rings (SSSR count). The summed E-state index contributed by atoms with van der Waals surface area (Å²) in [6.07, 6.45) is 2.52. The molecule has 0 spiro atoms. The highest BCUT2D eigenvalue weighted by atomic mass is 16.1. The van der Waals surface area contributed by atoms with Crippen molar-refractivity contribution in [2.45, 2.75) is 38.8 Å². The van der Waals surface area contributed by atoms with Gasteiger partial charge in [-0.3, -0.25) is 9.69 Å². The highest BCUT2D eigenvalue weighted by molar-refractivity contribution is 5.99. The monoisotopic (exact) mass is 274 g/mol. The van der Waals surface area contributed by atoms with Crippen LogP contribution in [-0.2, 0) is 0 Å². The summed E-state index contributed by atoms with van der Waals surface area (Å²) >= 11 is 0. The molecule has 1 saturated heterocycles. The van der Waals surface area contributed by atoms with Crippen LogP contribution < -0.4 is 0 Å². The minimum atomic E-state index is -0.0632. The van der Waals surface area contributed by atoms with E-state index in [0.29, 0.717) is 6.04 Å². The lowest BCUT2D eigenvalue weighted by Crippen LogP contribution is -2.43. The number of benzene rings is 1. The van der Waals surface area contributed by atoms with Crippen molar-refractivity contribution in [2.24, 2.45) is 0 Å². The molecule has 3 nitrogen and oxygen atoms in total. The third-order valence-corrected chi connectivity index (χ3v) is 4.55. The van der Waals surface area contributed by atoms with Crippen LogP contribution in [0.25, 0.3) is 0 Å². The van der Waals surface area contributed by atoms with Crippen molar-refractivity contribution in [3.63, 3.8) is 0 Å². The van der Waals surface area contributed by atoms with Crippen molar-refractivity contribution < 1.29 is 4.79 Å². The molecular weight excluding hydrogens is 248 g/mol. The van der Waals surface area contributed by atoms with Crippen molar-refractivity contribution in [1.82, 2.24) is 9.80 Å². The van der Waals surface area contributed by atoms with Crippen LogP contribution in [-0.4, -0.2) is 54.9 Å². The Morgan fingerprint density at radius 2 is 2.05 bits per heavy atom. The summed E-state index contributed by atoms with van der Waals surface area (Å²) in [4.78, 5) is 17.1. The molecule has 0 aliphatic carbocycles. The van der Waals surface area contributed by atoms with E-state index >= 15 is 0 Å². The SMILES string of the molecule is Cc1ccc(C(=O)C(C)N(C)CC2CCCN2C)cc1. The third kappa shape index (κ3) is 3.47. The first-order chi connectivity index (χ1) is 9.49. The predicted molar refractivity (Wildman–Crippen MR) is 83.3 cm³/mol. The first-order valence-electron chi connectivity index (χ1n) is 7.50. The summed E-state index contributed by atoms with van der Waals surface area (Å²) < 4.78 is 0. The van der Waals surface area contributed by atoms with E-state index in [9.17, 15) is 4.79 Å². The van der Waals surface area contributed by atoms with E-state index in [1.165, 1.54) is 24.9 Å². The molecule has 2 atom stereocenters. The second-order valence-electron chi connectivity index (χ2n) is 6.12. The fraction of sp³-hybridized carbons (Fsp3) is 0.588. The van der Waals surface area contributed by atoms with Crippen molar-refractivity contribution in [3.8, 4) is 0 Å². The number of nitrogens with zero attached hydrogens (tertiary/aromatic N) is 2. The minimum Gasteiger partial charge on any atom is -0.302 e. The number of carbonyl (C=O) groups excluding carboxylic acids is 1. The van der Waals surface area contributed by atoms with Gasteiger partial charge in [0.15, 0.2) is 5.78 Å². The van der Waals surface area contributed by atoms with Crippen LogP contribution in [0.15, 0.2) is 24.3 Å². The minimum absolute atomic E-state index is 0.0632. The quantitative estimate of drug-likeness (QED) is 0.771. The average Bonchev–Trinajstić information content (AvgIpc) is 2.83. The molecule has 1 fully saturated rings. The lowest BCUT2D eigenvalue weighted by molar-refractivity contribution is 0.0842. The van der Waals surface area contributed by atoms with Crippen molar-refractivity contribution >= 4 is 5.78 Å². The van der Waals surface area contributed by atoms with E-state index in [-0.39, 0.29) is 11.8 Å². The molecule has 1 heterocycles. The zero-order chi connectivity index (χ0) is 14.7. The highest BCUT2D eigenvalue weighted by Gasteiger charge is 2.26. The molecule has 1 aliphatic heterocycles. The smallest absolute Gasteiger partial charge is 0.179 e. The van der Waals surface area contributed by atoms with E-state index in [2.05, 4.69) is 23.9 Å². The summed E-state index contributed by atoms with van der Waals surface area (Å²) in [5, 5.41) is 0. The normalized spacial score (nSPS) is 21.4. The van der Waals surface area contributed by atoms with Gasteiger partial charge in [0.05, 0.1) is 6.04 Å². The molecule has 0 radical (unpaired) electrons. The zero-order valence-corrected chi connectivity index (χ0v) is 13.1. The number of aryl methyl sites for hydroxylation is 1. The van der Waals surface area contributed by atoms with Gasteiger partial charge in [-0.25, -0.2) is 0 Å². The molecule has 110 valence electrons. The number of rotatable bonds is 5. The lowest BCUT2D eigenvalue weighted by atomic mass is 10.0. The van der Waals surface area contributed by atoms with E-state index in [1.807, 2.05) is 38.1 Å². The van der Waals surface area contributed by atoms with Gasteiger partial charge in [-0.15, -0.1) is 0 Å². The van der Waals surface area contributed by atoms with Gasteiger partial charge in [-0.2, -0.15) is 0 Å². The van der Waals surface area contributed by atoms with Gasteiger partial charge in [-0.05, 0) is 47.3 Å². The Balaban J connectivity index is 1.97. The summed E-state index contributed by atoms with van der Waals surface area (Å²) in [5.41, 5.74) is 2.00. The molecule has 1 aromatic carbocycles. The Morgan fingerprint density at radius 1 is 1.40 bits per heavy atom. The lowest BCUT2D eigenvalue weighted by Gasteiger charge is -2.29. The van der Waals surface area contributed by atoms with Gasteiger partial charge in [0.1, 0.15) is 0 Å². The van der Waals surface area contributed by atoms with E-state index in [0.717, 1.165) is 12.1 Å². The van der Waals surface area contributed by atoms with Crippen molar-refractivity contribution in [3.05, 3.63) is 35.4 Å². The van der Waals surface area contributed by atoms with Gasteiger partial charge < -0.3 is 4.90 Å². The van der Waals surface area contributed by atoms with Gasteiger partial charge in [0.25, 0.3) is 0 Å². The molecule has 0 aromatic heterocycles. The third-order valence-electron chi connectivity index (χ3n) is 4.55. The molecule has 3 heteroatoms. The number of hydrogen-bond acceptors (Lipinski definition) is 3. The van der Waals surface area contributed by atoms with Crippen LogP contribution in [0.5, 0.6) is 0 Å². The maximum Gasteiger partial charge on any atom is 0.179 e.